The van der Waals surface area contributed by atoms with Crippen LogP contribution in [0.2, 0.25) is 0 Å². The van der Waals surface area contributed by atoms with Gasteiger partial charge in [-0.25, -0.2) is 4.79 Å². The van der Waals surface area contributed by atoms with Gasteiger partial charge in [0.25, 0.3) is 0 Å². The van der Waals surface area contributed by atoms with Gasteiger partial charge in [-0.3, -0.25) is 0 Å². The maximum atomic E-state index is 11.1. The van der Waals surface area contributed by atoms with Gasteiger partial charge in [0.2, 0.25) is 0 Å². The Hall–Kier alpha value is -2.27. The Morgan fingerprint density at radius 3 is 2.72 bits per heavy atom. The zero-order valence-corrected chi connectivity index (χ0v) is 10.1. The first-order chi connectivity index (χ1) is 8.79. The summed E-state index contributed by atoms with van der Waals surface area (Å²) in [6.45, 7) is 0. The normalized spacial score (nSPS) is 12.1. The standard InChI is InChI=1S/C16H12O2/c1-18-15(17)10-9-11-5-6-13-8-7-12-3-2-4-14(11)16(12)13/h2-6H,7-8H2,1H3. The molecule has 0 heterocycles. The summed E-state index contributed by atoms with van der Waals surface area (Å²) >= 11 is 0. The molecule has 0 amide bonds. The molecule has 1 aliphatic rings. The van der Waals surface area contributed by atoms with Crippen molar-refractivity contribution in [3.8, 4) is 11.8 Å². The van der Waals surface area contributed by atoms with Crippen molar-refractivity contribution in [2.45, 2.75) is 12.8 Å². The van der Waals surface area contributed by atoms with Crippen LogP contribution in [0.25, 0.3) is 10.8 Å². The van der Waals surface area contributed by atoms with E-state index in [9.17, 15) is 4.79 Å². The van der Waals surface area contributed by atoms with Crippen molar-refractivity contribution in [2.75, 3.05) is 7.11 Å². The second-order valence-corrected chi connectivity index (χ2v) is 4.35. The molecule has 18 heavy (non-hydrogen) atoms. The van der Waals surface area contributed by atoms with Gasteiger partial charge in [0.1, 0.15) is 0 Å². The number of hydrogen-bond acceptors (Lipinski definition) is 2. The number of rotatable bonds is 0. The molecule has 0 saturated carbocycles. The third-order valence-electron chi connectivity index (χ3n) is 3.36. The molecule has 0 N–H and O–H groups in total. The van der Waals surface area contributed by atoms with Gasteiger partial charge in [0.15, 0.2) is 0 Å². The molecule has 0 saturated heterocycles. The molecule has 0 spiro atoms. The summed E-state index contributed by atoms with van der Waals surface area (Å²) in [5.41, 5.74) is 3.65. The number of aryl methyl sites for hydroxylation is 2. The molecule has 0 aliphatic heterocycles. The third kappa shape index (κ3) is 1.65. The Morgan fingerprint density at radius 2 is 1.94 bits per heavy atom. The zero-order valence-electron chi connectivity index (χ0n) is 10.1. The van der Waals surface area contributed by atoms with Crippen LogP contribution in [-0.2, 0) is 22.4 Å². The molecule has 0 aromatic heterocycles. The average Bonchev–Trinajstić information content (AvgIpc) is 2.83. The molecule has 0 bridgehead atoms. The fraction of sp³-hybridized carbons (Fsp3) is 0.188. The van der Waals surface area contributed by atoms with Crippen molar-refractivity contribution in [3.63, 3.8) is 0 Å². The van der Waals surface area contributed by atoms with Gasteiger partial charge in [-0.1, -0.05) is 30.2 Å². The van der Waals surface area contributed by atoms with E-state index in [1.807, 2.05) is 6.07 Å². The summed E-state index contributed by atoms with van der Waals surface area (Å²) < 4.78 is 4.53. The summed E-state index contributed by atoms with van der Waals surface area (Å²) in [7, 11) is 1.34. The minimum atomic E-state index is -0.502. The Bertz CT molecular complexity index is 692. The van der Waals surface area contributed by atoms with Gasteiger partial charge >= 0.3 is 5.97 Å². The highest BCUT2D eigenvalue weighted by molar-refractivity contribution is 5.96. The van der Waals surface area contributed by atoms with Gasteiger partial charge < -0.3 is 4.74 Å². The van der Waals surface area contributed by atoms with Gasteiger partial charge in [-0.2, -0.15) is 0 Å². The lowest BCUT2D eigenvalue weighted by Crippen LogP contribution is -1.94. The smallest absolute Gasteiger partial charge is 0.384 e. The third-order valence-corrected chi connectivity index (χ3v) is 3.36. The molecule has 0 unspecified atom stereocenters. The van der Waals surface area contributed by atoms with E-state index in [1.165, 1.54) is 23.6 Å². The Labute approximate surface area is 106 Å². The van der Waals surface area contributed by atoms with E-state index in [-0.39, 0.29) is 0 Å². The van der Waals surface area contributed by atoms with Crippen LogP contribution in [0.15, 0.2) is 30.3 Å². The van der Waals surface area contributed by atoms with Crippen LogP contribution < -0.4 is 0 Å². The highest BCUT2D eigenvalue weighted by Gasteiger charge is 2.14. The first-order valence-corrected chi connectivity index (χ1v) is 5.93. The van der Waals surface area contributed by atoms with E-state index in [2.05, 4.69) is 40.8 Å². The Kier molecular flexibility index (Phi) is 2.53. The molecule has 2 aromatic carbocycles. The fourth-order valence-corrected chi connectivity index (χ4v) is 2.53. The van der Waals surface area contributed by atoms with Crippen molar-refractivity contribution >= 4 is 16.7 Å². The topological polar surface area (TPSA) is 26.3 Å². The molecule has 88 valence electrons. The van der Waals surface area contributed by atoms with Crippen molar-refractivity contribution in [3.05, 3.63) is 47.0 Å². The molecule has 0 fully saturated rings. The van der Waals surface area contributed by atoms with Crippen molar-refractivity contribution in [2.24, 2.45) is 0 Å². The summed E-state index contributed by atoms with van der Waals surface area (Å²) in [5.74, 6) is 4.88. The summed E-state index contributed by atoms with van der Waals surface area (Å²) in [5, 5.41) is 2.45. The maximum absolute atomic E-state index is 11.1. The number of hydrogen-bond donors (Lipinski definition) is 0. The number of benzene rings is 2. The molecule has 2 heteroatoms. The van der Waals surface area contributed by atoms with Crippen LogP contribution in [0.1, 0.15) is 16.7 Å². The minimum Gasteiger partial charge on any atom is -0.459 e. The minimum absolute atomic E-state index is 0.502. The summed E-state index contributed by atoms with van der Waals surface area (Å²) in [6.07, 6.45) is 2.20. The second-order valence-electron chi connectivity index (χ2n) is 4.35. The number of esters is 1. The van der Waals surface area contributed by atoms with E-state index in [1.54, 1.807) is 0 Å². The van der Waals surface area contributed by atoms with Crippen molar-refractivity contribution in [1.29, 1.82) is 0 Å². The molecular weight excluding hydrogens is 224 g/mol. The number of carbonyl (C=O) groups excluding carboxylic acids is 1. The highest BCUT2D eigenvalue weighted by atomic mass is 16.5. The monoisotopic (exact) mass is 236 g/mol. The highest BCUT2D eigenvalue weighted by Crippen LogP contribution is 2.32. The van der Waals surface area contributed by atoms with Crippen LogP contribution in [0.4, 0.5) is 0 Å². The lowest BCUT2D eigenvalue weighted by molar-refractivity contribution is -0.133. The van der Waals surface area contributed by atoms with Crippen molar-refractivity contribution in [1.82, 2.24) is 0 Å². The van der Waals surface area contributed by atoms with Gasteiger partial charge in [0.05, 0.1) is 7.11 Å². The van der Waals surface area contributed by atoms with Crippen molar-refractivity contribution < 1.29 is 9.53 Å². The zero-order chi connectivity index (χ0) is 12.5. The molecule has 2 aromatic rings. The van der Waals surface area contributed by atoms with Crippen LogP contribution in [0.5, 0.6) is 0 Å². The van der Waals surface area contributed by atoms with Gasteiger partial charge in [0, 0.05) is 11.5 Å². The van der Waals surface area contributed by atoms with Crippen LogP contribution in [0.3, 0.4) is 0 Å². The van der Waals surface area contributed by atoms with E-state index < -0.39 is 5.97 Å². The summed E-state index contributed by atoms with van der Waals surface area (Å²) in [4.78, 5) is 11.1. The molecule has 0 radical (unpaired) electrons. The Balaban J connectivity index is 2.20. The lowest BCUT2D eigenvalue weighted by atomic mass is 10.0. The van der Waals surface area contributed by atoms with Crippen LogP contribution in [0, 0.1) is 11.8 Å². The first-order valence-electron chi connectivity index (χ1n) is 5.93. The molecule has 1 aliphatic carbocycles. The molecule has 2 nitrogen and oxygen atoms in total. The van der Waals surface area contributed by atoms with Crippen LogP contribution >= 0.6 is 0 Å². The number of ether oxygens (including phenoxy) is 1. The molecule has 3 rings (SSSR count). The molecular formula is C16H12O2. The first kappa shape index (κ1) is 10.9. The van der Waals surface area contributed by atoms with E-state index in [0.29, 0.717) is 0 Å². The van der Waals surface area contributed by atoms with Gasteiger partial charge in [-0.15, -0.1) is 0 Å². The average molecular weight is 236 g/mol. The predicted octanol–water partition coefficient (Wildman–Crippen LogP) is 2.46. The fourth-order valence-electron chi connectivity index (χ4n) is 2.53. The van der Waals surface area contributed by atoms with Gasteiger partial charge in [-0.05, 0) is 40.8 Å². The van der Waals surface area contributed by atoms with Crippen LogP contribution in [-0.4, -0.2) is 13.1 Å². The lowest BCUT2D eigenvalue weighted by Gasteiger charge is -2.03. The van der Waals surface area contributed by atoms with E-state index >= 15 is 0 Å². The molecule has 0 atom stereocenters. The maximum Gasteiger partial charge on any atom is 0.384 e. The van der Waals surface area contributed by atoms with E-state index in [4.69, 9.17) is 0 Å². The second kappa shape index (κ2) is 4.19. The number of methoxy groups -OCH3 is 1. The SMILES string of the molecule is COC(=O)C#Cc1ccc2c3c(cccc13)CC2. The number of carbonyl (C=O) groups is 1. The predicted molar refractivity (Wildman–Crippen MR) is 70.3 cm³/mol. The quantitative estimate of drug-likeness (QED) is 0.519. The van der Waals surface area contributed by atoms with E-state index in [0.717, 1.165) is 23.8 Å². The largest absolute Gasteiger partial charge is 0.459 e. The summed E-state index contributed by atoms with van der Waals surface area (Å²) in [6, 6.07) is 10.4. The Morgan fingerprint density at radius 1 is 1.17 bits per heavy atom.